The third-order valence-corrected chi connectivity index (χ3v) is 7.54. The number of benzene rings is 1. The van der Waals surface area contributed by atoms with Crippen molar-refractivity contribution < 1.29 is 23.1 Å². The van der Waals surface area contributed by atoms with E-state index in [0.29, 0.717) is 44.8 Å². The number of likely N-dealkylation sites (tertiary alicyclic amines) is 1. The summed E-state index contributed by atoms with van der Waals surface area (Å²) in [4.78, 5) is 13.2. The average Bonchev–Trinajstić information content (AvgIpc) is 3.18. The van der Waals surface area contributed by atoms with Crippen LogP contribution in [0, 0.1) is 0 Å². The number of nitrogens with zero attached hydrogens (tertiary/aromatic N) is 2. The van der Waals surface area contributed by atoms with Crippen molar-refractivity contribution in [3.8, 4) is 5.75 Å². The van der Waals surface area contributed by atoms with Gasteiger partial charge in [0.1, 0.15) is 12.4 Å². The van der Waals surface area contributed by atoms with Crippen LogP contribution in [0.2, 0.25) is 0 Å². The van der Waals surface area contributed by atoms with E-state index in [2.05, 4.69) is 4.90 Å². The molecule has 0 atom stereocenters. The van der Waals surface area contributed by atoms with Gasteiger partial charge < -0.3 is 9.84 Å². The molecule has 0 radical (unpaired) electrons. The lowest BCUT2D eigenvalue weighted by molar-refractivity contribution is 0.0696. The lowest BCUT2D eigenvalue weighted by atomic mass is 10.1. The van der Waals surface area contributed by atoms with Crippen LogP contribution in [0.25, 0.3) is 0 Å². The summed E-state index contributed by atoms with van der Waals surface area (Å²) in [7, 11) is -3.14. The molecule has 0 saturated carbocycles. The number of piperidine rings is 1. The molecule has 0 aromatic heterocycles. The minimum absolute atomic E-state index is 0.204. The largest absolute Gasteiger partial charge is 0.492 e. The van der Waals surface area contributed by atoms with Gasteiger partial charge in [-0.2, -0.15) is 0 Å². The van der Waals surface area contributed by atoms with Crippen LogP contribution in [0.3, 0.4) is 0 Å². The molecule has 3 rings (SSSR count). The topological polar surface area (TPSA) is 87.1 Å². The number of aromatic carboxylic acids is 1. The fourth-order valence-corrected chi connectivity index (χ4v) is 5.59. The molecule has 1 N–H and O–H groups in total. The molecular weight excluding hydrogens is 356 g/mol. The predicted molar refractivity (Wildman–Crippen MR) is 98.1 cm³/mol. The number of carboxylic acids is 1. The van der Waals surface area contributed by atoms with Crippen molar-refractivity contribution in [3.63, 3.8) is 0 Å². The highest BCUT2D eigenvalue weighted by atomic mass is 32.2. The van der Waals surface area contributed by atoms with E-state index < -0.39 is 16.0 Å². The molecule has 0 aliphatic carbocycles. The van der Waals surface area contributed by atoms with Crippen LogP contribution in [0.4, 0.5) is 0 Å². The average molecular weight is 382 g/mol. The van der Waals surface area contributed by atoms with Crippen molar-refractivity contribution in [3.05, 3.63) is 29.8 Å². The van der Waals surface area contributed by atoms with E-state index in [0.717, 1.165) is 25.9 Å². The van der Waals surface area contributed by atoms with E-state index in [1.165, 1.54) is 12.1 Å². The summed E-state index contributed by atoms with van der Waals surface area (Å²) in [5, 5.41) is 8.73. The molecule has 0 bridgehead atoms. The van der Waals surface area contributed by atoms with Gasteiger partial charge in [0.15, 0.2) is 0 Å². The molecule has 0 unspecified atom stereocenters. The monoisotopic (exact) mass is 382 g/mol. The number of hydrogen-bond acceptors (Lipinski definition) is 5. The lowest BCUT2D eigenvalue weighted by Gasteiger charge is -2.33. The van der Waals surface area contributed by atoms with Crippen LogP contribution in [-0.2, 0) is 10.0 Å². The zero-order valence-corrected chi connectivity index (χ0v) is 15.7. The summed E-state index contributed by atoms with van der Waals surface area (Å²) in [6, 6.07) is 6.44. The van der Waals surface area contributed by atoms with Gasteiger partial charge in [0.2, 0.25) is 10.0 Å². The maximum atomic E-state index is 12.6. The Labute approximate surface area is 154 Å². The van der Waals surface area contributed by atoms with Gasteiger partial charge in [-0.15, -0.1) is 0 Å². The van der Waals surface area contributed by atoms with Gasteiger partial charge in [-0.25, -0.2) is 17.5 Å². The van der Waals surface area contributed by atoms with Crippen molar-refractivity contribution in [1.82, 2.24) is 9.21 Å². The second-order valence-electron chi connectivity index (χ2n) is 6.87. The second kappa shape index (κ2) is 8.37. The Bertz CT molecular complexity index is 723. The van der Waals surface area contributed by atoms with Crippen molar-refractivity contribution in [1.29, 1.82) is 0 Å². The number of sulfonamides is 1. The highest BCUT2D eigenvalue weighted by Crippen LogP contribution is 2.24. The maximum Gasteiger partial charge on any atom is 0.335 e. The van der Waals surface area contributed by atoms with Crippen LogP contribution in [0.15, 0.2) is 24.3 Å². The van der Waals surface area contributed by atoms with Crippen molar-refractivity contribution >= 4 is 16.0 Å². The summed E-state index contributed by atoms with van der Waals surface area (Å²) in [5.74, 6) is -0.437. The summed E-state index contributed by atoms with van der Waals surface area (Å²) >= 11 is 0. The molecule has 26 heavy (non-hydrogen) atoms. The van der Waals surface area contributed by atoms with Gasteiger partial charge in [-0.05, 0) is 57.0 Å². The molecule has 0 amide bonds. The number of hydrogen-bond donors (Lipinski definition) is 1. The molecule has 2 fully saturated rings. The molecule has 2 aliphatic rings. The summed E-state index contributed by atoms with van der Waals surface area (Å²) in [6.07, 6.45) is 3.26. The number of rotatable bonds is 7. The summed E-state index contributed by atoms with van der Waals surface area (Å²) in [5.41, 5.74) is 0.204. The fraction of sp³-hybridized carbons (Fsp3) is 0.611. The quantitative estimate of drug-likeness (QED) is 0.772. The number of carbonyl (C=O) groups is 1. The lowest BCUT2D eigenvalue weighted by Crippen LogP contribution is -2.45. The van der Waals surface area contributed by atoms with Gasteiger partial charge in [0.05, 0.1) is 10.8 Å². The Balaban J connectivity index is 1.43. The molecule has 2 saturated heterocycles. The van der Waals surface area contributed by atoms with Gasteiger partial charge in [-0.1, -0.05) is 6.07 Å². The van der Waals surface area contributed by atoms with E-state index in [-0.39, 0.29) is 10.8 Å². The number of ether oxygens (including phenoxy) is 1. The van der Waals surface area contributed by atoms with Gasteiger partial charge in [0, 0.05) is 19.6 Å². The highest BCUT2D eigenvalue weighted by Gasteiger charge is 2.35. The summed E-state index contributed by atoms with van der Waals surface area (Å²) in [6.45, 7) is 3.99. The molecule has 2 heterocycles. The van der Waals surface area contributed by atoms with Gasteiger partial charge in [-0.3, -0.25) is 4.90 Å². The molecule has 1 aromatic carbocycles. The molecule has 144 valence electrons. The van der Waals surface area contributed by atoms with Crippen LogP contribution < -0.4 is 4.74 Å². The van der Waals surface area contributed by atoms with E-state index in [4.69, 9.17) is 9.84 Å². The first-order chi connectivity index (χ1) is 12.5. The van der Waals surface area contributed by atoms with Crippen LogP contribution in [0.5, 0.6) is 5.75 Å². The SMILES string of the molecule is O=C(O)c1cccc(OCCN2CCC(S(=O)(=O)N3CCCC3)CC2)c1. The van der Waals surface area contributed by atoms with Crippen LogP contribution >= 0.6 is 0 Å². The first-order valence-electron chi connectivity index (χ1n) is 9.14. The van der Waals surface area contributed by atoms with Crippen molar-refractivity contribution in [2.45, 2.75) is 30.9 Å². The van der Waals surface area contributed by atoms with E-state index in [1.54, 1.807) is 16.4 Å². The summed E-state index contributed by atoms with van der Waals surface area (Å²) < 4.78 is 32.5. The third-order valence-electron chi connectivity index (χ3n) is 5.14. The van der Waals surface area contributed by atoms with Crippen molar-refractivity contribution in [2.24, 2.45) is 0 Å². The van der Waals surface area contributed by atoms with E-state index in [9.17, 15) is 13.2 Å². The maximum absolute atomic E-state index is 12.6. The highest BCUT2D eigenvalue weighted by molar-refractivity contribution is 7.89. The zero-order chi connectivity index (χ0) is 18.6. The van der Waals surface area contributed by atoms with Crippen molar-refractivity contribution in [2.75, 3.05) is 39.3 Å². The Hall–Kier alpha value is -1.64. The minimum Gasteiger partial charge on any atom is -0.492 e. The number of carboxylic acid groups (broad SMARTS) is 1. The first-order valence-corrected chi connectivity index (χ1v) is 10.6. The zero-order valence-electron chi connectivity index (χ0n) is 14.8. The normalized spacial score (nSPS) is 20.3. The van der Waals surface area contributed by atoms with Crippen LogP contribution in [-0.4, -0.2) is 73.3 Å². The smallest absolute Gasteiger partial charge is 0.335 e. The fourth-order valence-electron chi connectivity index (χ4n) is 3.60. The molecule has 8 heteroatoms. The van der Waals surface area contributed by atoms with E-state index >= 15 is 0 Å². The Morgan fingerprint density at radius 3 is 2.50 bits per heavy atom. The minimum atomic E-state index is -3.14. The van der Waals surface area contributed by atoms with Gasteiger partial charge >= 0.3 is 5.97 Å². The Morgan fingerprint density at radius 1 is 1.15 bits per heavy atom. The first kappa shape index (κ1) is 19.1. The third kappa shape index (κ3) is 4.55. The predicted octanol–water partition coefficient (Wildman–Crippen LogP) is 1.65. The molecule has 7 nitrogen and oxygen atoms in total. The van der Waals surface area contributed by atoms with Crippen LogP contribution in [0.1, 0.15) is 36.0 Å². The Morgan fingerprint density at radius 2 is 1.85 bits per heavy atom. The Kier molecular flexibility index (Phi) is 6.16. The molecule has 1 aromatic rings. The standard InChI is InChI=1S/C18H26N2O5S/c21-18(22)15-4-3-5-16(14-15)25-13-12-19-10-6-17(7-11-19)26(23,24)20-8-1-2-9-20/h3-5,14,17H,1-2,6-13H2,(H,21,22). The molecule has 0 spiro atoms. The second-order valence-corrected chi connectivity index (χ2v) is 9.09. The van der Waals surface area contributed by atoms with Gasteiger partial charge in [0.25, 0.3) is 0 Å². The molecule has 2 aliphatic heterocycles. The van der Waals surface area contributed by atoms with E-state index in [1.807, 2.05) is 0 Å². The molecular formula is C18H26N2O5S.